The van der Waals surface area contributed by atoms with Crippen LogP contribution in [0, 0.1) is 0 Å². The predicted molar refractivity (Wildman–Crippen MR) is 126 cm³/mol. The number of hydrogen-bond acceptors (Lipinski definition) is 7. The Labute approximate surface area is 193 Å². The Balaban J connectivity index is 1.23. The lowest BCUT2D eigenvalue weighted by atomic mass is 10.2. The molecule has 3 aromatic heterocycles. The first-order valence-corrected chi connectivity index (χ1v) is 12.6. The molecule has 2 aliphatic rings. The second kappa shape index (κ2) is 9.13. The van der Waals surface area contributed by atoms with Gasteiger partial charge in [0.2, 0.25) is 11.8 Å². The van der Waals surface area contributed by atoms with Crippen molar-refractivity contribution in [1.82, 2.24) is 24.3 Å². The molecule has 10 heteroatoms. The summed E-state index contributed by atoms with van der Waals surface area (Å²) in [5, 5.41) is 4.52. The summed E-state index contributed by atoms with van der Waals surface area (Å²) in [6.07, 6.45) is 3.66. The van der Waals surface area contributed by atoms with Gasteiger partial charge in [-0.3, -0.25) is 23.9 Å². The standard InChI is InChI=1S/C22H25N5O3S2/c28-18(25-5-1-2-6-25)12-24-7-9-26(10-8-24)19(29)13-27-15-23-21-20(22(27)30)16(14-32-21)17-4-3-11-31-17/h3-4,11,14-15H,1-2,5-10,12-13H2. The average Bonchev–Trinajstić information content (AvgIpc) is 3.57. The van der Waals surface area contributed by atoms with Crippen LogP contribution in [0.3, 0.4) is 0 Å². The van der Waals surface area contributed by atoms with E-state index in [0.29, 0.717) is 42.9 Å². The molecule has 0 aromatic carbocycles. The van der Waals surface area contributed by atoms with E-state index in [1.807, 2.05) is 27.8 Å². The van der Waals surface area contributed by atoms with Gasteiger partial charge in [-0.05, 0) is 24.3 Å². The van der Waals surface area contributed by atoms with Crippen LogP contribution >= 0.6 is 22.7 Å². The first-order valence-electron chi connectivity index (χ1n) is 10.9. The third kappa shape index (κ3) is 4.22. The highest BCUT2D eigenvalue weighted by Gasteiger charge is 2.26. The Morgan fingerprint density at radius 2 is 1.66 bits per heavy atom. The molecule has 8 nitrogen and oxygen atoms in total. The molecule has 0 N–H and O–H groups in total. The van der Waals surface area contributed by atoms with Gasteiger partial charge in [-0.15, -0.1) is 22.7 Å². The normalized spacial score (nSPS) is 17.4. The Morgan fingerprint density at radius 1 is 0.938 bits per heavy atom. The van der Waals surface area contributed by atoms with Gasteiger partial charge in [-0.2, -0.15) is 0 Å². The maximum atomic E-state index is 13.1. The lowest BCUT2D eigenvalue weighted by Crippen LogP contribution is -2.52. The molecule has 2 aliphatic heterocycles. The summed E-state index contributed by atoms with van der Waals surface area (Å²) in [5.41, 5.74) is 0.707. The monoisotopic (exact) mass is 471 g/mol. The molecule has 5 rings (SSSR count). The summed E-state index contributed by atoms with van der Waals surface area (Å²) in [7, 11) is 0. The fraction of sp³-hybridized carbons (Fsp3) is 0.455. The van der Waals surface area contributed by atoms with Gasteiger partial charge in [0, 0.05) is 55.1 Å². The number of likely N-dealkylation sites (tertiary alicyclic amines) is 1. The fourth-order valence-corrected chi connectivity index (χ4v) is 6.07. The van der Waals surface area contributed by atoms with Gasteiger partial charge in [-0.25, -0.2) is 4.98 Å². The van der Waals surface area contributed by atoms with Gasteiger partial charge >= 0.3 is 0 Å². The molecule has 2 amide bonds. The molecule has 2 fully saturated rings. The minimum absolute atomic E-state index is 0.0196. The summed E-state index contributed by atoms with van der Waals surface area (Å²) >= 11 is 3.03. The van der Waals surface area contributed by atoms with E-state index in [4.69, 9.17) is 0 Å². The molecule has 0 atom stereocenters. The maximum Gasteiger partial charge on any atom is 0.263 e. The smallest absolute Gasteiger partial charge is 0.263 e. The van der Waals surface area contributed by atoms with Crippen molar-refractivity contribution in [3.8, 4) is 10.4 Å². The number of carbonyl (C=O) groups is 2. The lowest BCUT2D eigenvalue weighted by Gasteiger charge is -2.35. The van der Waals surface area contributed by atoms with Crippen LogP contribution in [0.15, 0.2) is 34.0 Å². The summed E-state index contributed by atoms with van der Waals surface area (Å²) in [4.78, 5) is 50.4. The van der Waals surface area contributed by atoms with E-state index < -0.39 is 0 Å². The van der Waals surface area contributed by atoms with Crippen LogP contribution in [0.2, 0.25) is 0 Å². The molecule has 3 aromatic rings. The number of rotatable bonds is 5. The van der Waals surface area contributed by atoms with Crippen LogP contribution in [0.25, 0.3) is 20.7 Å². The van der Waals surface area contributed by atoms with E-state index >= 15 is 0 Å². The van der Waals surface area contributed by atoms with Crippen molar-refractivity contribution in [2.24, 2.45) is 0 Å². The van der Waals surface area contributed by atoms with Crippen molar-refractivity contribution in [3.63, 3.8) is 0 Å². The molecule has 5 heterocycles. The highest BCUT2D eigenvalue weighted by Crippen LogP contribution is 2.33. The maximum absolute atomic E-state index is 13.1. The van der Waals surface area contributed by atoms with Crippen molar-refractivity contribution in [1.29, 1.82) is 0 Å². The Bertz CT molecular complexity index is 1170. The van der Waals surface area contributed by atoms with E-state index in [2.05, 4.69) is 9.88 Å². The van der Waals surface area contributed by atoms with Crippen LogP contribution < -0.4 is 5.56 Å². The minimum Gasteiger partial charge on any atom is -0.342 e. The van der Waals surface area contributed by atoms with Crippen LogP contribution in [-0.4, -0.2) is 81.9 Å². The van der Waals surface area contributed by atoms with Crippen molar-refractivity contribution >= 4 is 44.7 Å². The summed E-state index contributed by atoms with van der Waals surface area (Å²) in [5.74, 6) is 0.0946. The predicted octanol–water partition coefficient (Wildman–Crippen LogP) is 1.95. The average molecular weight is 472 g/mol. The highest BCUT2D eigenvalue weighted by molar-refractivity contribution is 7.18. The lowest BCUT2D eigenvalue weighted by molar-refractivity contribution is -0.135. The molecule has 0 unspecified atom stereocenters. The summed E-state index contributed by atoms with van der Waals surface area (Å²) in [6.45, 7) is 4.60. The number of aromatic nitrogens is 2. The Hall–Kier alpha value is -2.56. The second-order valence-electron chi connectivity index (χ2n) is 8.23. The quantitative estimate of drug-likeness (QED) is 0.568. The first kappa shape index (κ1) is 21.3. The van der Waals surface area contributed by atoms with Gasteiger partial charge in [0.1, 0.15) is 11.4 Å². The Morgan fingerprint density at radius 3 is 2.38 bits per heavy atom. The van der Waals surface area contributed by atoms with E-state index in [1.165, 1.54) is 22.2 Å². The number of hydrogen-bond donors (Lipinski definition) is 0. The zero-order chi connectivity index (χ0) is 22.1. The topological polar surface area (TPSA) is 78.8 Å². The molecule has 0 radical (unpaired) electrons. The van der Waals surface area contributed by atoms with E-state index in [0.717, 1.165) is 36.4 Å². The van der Waals surface area contributed by atoms with E-state index in [9.17, 15) is 14.4 Å². The third-order valence-corrected chi connectivity index (χ3v) is 7.99. The van der Waals surface area contributed by atoms with Crippen LogP contribution in [0.4, 0.5) is 0 Å². The SMILES string of the molecule is O=C(CN1CCN(C(=O)Cn2cnc3scc(-c4cccs4)c3c2=O)CC1)N1CCCC1. The van der Waals surface area contributed by atoms with Crippen molar-refractivity contribution in [2.75, 3.05) is 45.8 Å². The third-order valence-electron chi connectivity index (χ3n) is 6.20. The zero-order valence-electron chi connectivity index (χ0n) is 17.7. The van der Waals surface area contributed by atoms with Crippen molar-refractivity contribution in [3.05, 3.63) is 39.6 Å². The van der Waals surface area contributed by atoms with Crippen molar-refractivity contribution < 1.29 is 9.59 Å². The van der Waals surface area contributed by atoms with Gasteiger partial charge in [0.15, 0.2) is 0 Å². The van der Waals surface area contributed by atoms with Crippen molar-refractivity contribution in [2.45, 2.75) is 19.4 Å². The van der Waals surface area contributed by atoms with E-state index in [-0.39, 0.29) is 23.9 Å². The molecule has 2 saturated heterocycles. The van der Waals surface area contributed by atoms with E-state index in [1.54, 1.807) is 16.2 Å². The first-order chi connectivity index (χ1) is 15.6. The zero-order valence-corrected chi connectivity index (χ0v) is 19.4. The van der Waals surface area contributed by atoms with Gasteiger partial charge in [0.05, 0.1) is 18.3 Å². The minimum atomic E-state index is -0.178. The molecule has 0 aliphatic carbocycles. The summed E-state index contributed by atoms with van der Waals surface area (Å²) in [6, 6.07) is 3.95. The number of fused-ring (bicyclic) bond motifs is 1. The molecule has 0 bridgehead atoms. The Kier molecular flexibility index (Phi) is 6.07. The number of nitrogens with zero attached hydrogens (tertiary/aromatic N) is 5. The number of amides is 2. The molecule has 168 valence electrons. The second-order valence-corrected chi connectivity index (χ2v) is 10.0. The van der Waals surface area contributed by atoms with Gasteiger partial charge in [0.25, 0.3) is 5.56 Å². The molecular weight excluding hydrogens is 446 g/mol. The fourth-order valence-electron chi connectivity index (χ4n) is 4.35. The number of thiophene rings is 2. The van der Waals surface area contributed by atoms with Gasteiger partial charge in [-0.1, -0.05) is 6.07 Å². The molecule has 0 spiro atoms. The largest absolute Gasteiger partial charge is 0.342 e. The van der Waals surface area contributed by atoms with Crippen LogP contribution in [0.1, 0.15) is 12.8 Å². The van der Waals surface area contributed by atoms with Gasteiger partial charge < -0.3 is 9.80 Å². The van der Waals surface area contributed by atoms with Crippen LogP contribution in [-0.2, 0) is 16.1 Å². The molecule has 32 heavy (non-hydrogen) atoms. The van der Waals surface area contributed by atoms with Crippen LogP contribution in [0.5, 0.6) is 0 Å². The highest BCUT2D eigenvalue weighted by atomic mass is 32.1. The number of piperazine rings is 1. The molecule has 0 saturated carbocycles. The number of carbonyl (C=O) groups excluding carboxylic acids is 2. The molecular formula is C22H25N5O3S2. The summed E-state index contributed by atoms with van der Waals surface area (Å²) < 4.78 is 1.41.